The number of amides is 1. The predicted molar refractivity (Wildman–Crippen MR) is 124 cm³/mol. The van der Waals surface area contributed by atoms with Gasteiger partial charge in [0.2, 0.25) is 12.2 Å². The van der Waals surface area contributed by atoms with Gasteiger partial charge in [-0.05, 0) is 55.0 Å². The third kappa shape index (κ3) is 4.78. The van der Waals surface area contributed by atoms with Crippen LogP contribution in [0.4, 0.5) is 25.8 Å². The summed E-state index contributed by atoms with van der Waals surface area (Å²) >= 11 is 0. The molecule has 0 atom stereocenters. The molecule has 0 fully saturated rings. The molecule has 0 saturated heterocycles. The molecule has 0 radical (unpaired) electrons. The van der Waals surface area contributed by atoms with Crippen LogP contribution in [0, 0.1) is 6.92 Å². The van der Waals surface area contributed by atoms with Crippen molar-refractivity contribution in [2.75, 3.05) is 10.6 Å². The summed E-state index contributed by atoms with van der Waals surface area (Å²) in [6.07, 6.45) is 4.45. The largest absolute Gasteiger partial charge is 0.435 e. The summed E-state index contributed by atoms with van der Waals surface area (Å²) < 4.78 is 35.5. The summed E-state index contributed by atoms with van der Waals surface area (Å²) in [5, 5.41) is 9.91. The minimum Gasteiger partial charge on any atom is -0.435 e. The first-order valence-electron chi connectivity index (χ1n) is 10.4. The van der Waals surface area contributed by atoms with Crippen molar-refractivity contribution in [3.63, 3.8) is 0 Å². The quantitative estimate of drug-likeness (QED) is 0.329. The molecule has 3 aromatic heterocycles. The van der Waals surface area contributed by atoms with E-state index in [1.54, 1.807) is 40.9 Å². The summed E-state index contributed by atoms with van der Waals surface area (Å²) in [6, 6.07) is 15.1. The Morgan fingerprint density at radius 1 is 1.06 bits per heavy atom. The molecule has 35 heavy (non-hydrogen) atoms. The number of anilines is 3. The number of halogens is 2. The predicted octanol–water partition coefficient (Wildman–Crippen LogP) is 5.29. The van der Waals surface area contributed by atoms with Crippen LogP contribution in [0.25, 0.3) is 17.0 Å². The number of hydrogen-bond acceptors (Lipinski definition) is 7. The van der Waals surface area contributed by atoms with Gasteiger partial charge < -0.3 is 19.9 Å². The van der Waals surface area contributed by atoms with Gasteiger partial charge in [-0.1, -0.05) is 17.3 Å². The molecule has 11 heteroatoms. The zero-order valence-corrected chi connectivity index (χ0v) is 18.3. The average molecular weight is 476 g/mol. The fourth-order valence-electron chi connectivity index (χ4n) is 3.49. The van der Waals surface area contributed by atoms with Crippen LogP contribution in [0.1, 0.15) is 16.1 Å². The lowest BCUT2D eigenvalue weighted by Gasteiger charge is -2.11. The van der Waals surface area contributed by atoms with Crippen molar-refractivity contribution in [1.29, 1.82) is 0 Å². The van der Waals surface area contributed by atoms with Gasteiger partial charge in [0, 0.05) is 23.1 Å². The van der Waals surface area contributed by atoms with Crippen molar-refractivity contribution in [3.05, 3.63) is 84.6 Å². The smallest absolute Gasteiger partial charge is 0.387 e. The maximum atomic E-state index is 13.1. The fraction of sp³-hybridized carbons (Fsp3) is 0.0833. The maximum absolute atomic E-state index is 13.1. The van der Waals surface area contributed by atoms with E-state index in [-0.39, 0.29) is 11.7 Å². The highest BCUT2D eigenvalue weighted by Gasteiger charge is 2.15. The number of fused-ring (bicyclic) bond motifs is 1. The van der Waals surface area contributed by atoms with Gasteiger partial charge in [-0.25, -0.2) is 4.98 Å². The number of benzene rings is 2. The highest BCUT2D eigenvalue weighted by Crippen LogP contribution is 2.25. The molecular formula is C24H18F2N6O3. The number of rotatable bonds is 7. The number of alkyl halides is 2. The number of ether oxygens (including phenoxy) is 1. The van der Waals surface area contributed by atoms with Gasteiger partial charge in [0.15, 0.2) is 0 Å². The van der Waals surface area contributed by atoms with Crippen LogP contribution in [0.2, 0.25) is 0 Å². The lowest BCUT2D eigenvalue weighted by molar-refractivity contribution is -0.0498. The number of nitrogens with one attached hydrogen (secondary N) is 2. The zero-order chi connectivity index (χ0) is 24.4. The Hall–Kier alpha value is -4.80. The molecule has 0 saturated carbocycles. The van der Waals surface area contributed by atoms with Crippen molar-refractivity contribution in [1.82, 2.24) is 19.5 Å². The number of aromatic nitrogens is 4. The SMILES string of the molecule is Cc1ccc(-c2ncon2)cc1NC(=O)c1cnc2ccc(Nc3ccc(OC(F)F)cc3)cn12. The third-order valence-corrected chi connectivity index (χ3v) is 5.21. The van der Waals surface area contributed by atoms with Crippen LogP contribution < -0.4 is 15.4 Å². The van der Waals surface area contributed by atoms with Gasteiger partial charge in [0.05, 0.1) is 11.9 Å². The zero-order valence-electron chi connectivity index (χ0n) is 18.3. The highest BCUT2D eigenvalue weighted by molar-refractivity contribution is 6.04. The molecule has 0 aliphatic rings. The maximum Gasteiger partial charge on any atom is 0.387 e. The Bertz CT molecular complexity index is 1480. The van der Waals surface area contributed by atoms with Crippen LogP contribution in [-0.2, 0) is 0 Å². The normalized spacial score (nSPS) is 11.1. The van der Waals surface area contributed by atoms with Crippen molar-refractivity contribution in [3.8, 4) is 17.1 Å². The van der Waals surface area contributed by atoms with E-state index >= 15 is 0 Å². The van der Waals surface area contributed by atoms with Gasteiger partial charge in [-0.3, -0.25) is 9.20 Å². The van der Waals surface area contributed by atoms with Crippen LogP contribution in [-0.4, -0.2) is 32.0 Å². The Balaban J connectivity index is 1.37. The molecule has 0 bridgehead atoms. The fourth-order valence-corrected chi connectivity index (χ4v) is 3.49. The van der Waals surface area contributed by atoms with Gasteiger partial charge >= 0.3 is 6.61 Å². The Morgan fingerprint density at radius 2 is 1.86 bits per heavy atom. The van der Waals surface area contributed by atoms with E-state index < -0.39 is 6.61 Å². The molecule has 5 aromatic rings. The number of nitrogens with zero attached hydrogens (tertiary/aromatic N) is 4. The molecule has 0 aliphatic heterocycles. The molecule has 0 spiro atoms. The highest BCUT2D eigenvalue weighted by atomic mass is 19.3. The van der Waals surface area contributed by atoms with Crippen LogP contribution in [0.3, 0.4) is 0 Å². The average Bonchev–Trinajstić information content (AvgIpc) is 3.52. The van der Waals surface area contributed by atoms with Gasteiger partial charge in [0.1, 0.15) is 17.1 Å². The van der Waals surface area contributed by atoms with Crippen LogP contribution in [0.5, 0.6) is 5.75 Å². The lowest BCUT2D eigenvalue weighted by Crippen LogP contribution is -2.15. The summed E-state index contributed by atoms with van der Waals surface area (Å²) in [7, 11) is 0. The second-order valence-corrected chi connectivity index (χ2v) is 7.56. The lowest BCUT2D eigenvalue weighted by atomic mass is 10.1. The minimum atomic E-state index is -2.88. The molecule has 2 N–H and O–H groups in total. The number of imidazole rings is 1. The second kappa shape index (κ2) is 9.21. The molecule has 0 aliphatic carbocycles. The van der Waals surface area contributed by atoms with Crippen LogP contribution in [0.15, 0.2) is 77.9 Å². The summed E-state index contributed by atoms with van der Waals surface area (Å²) in [5.74, 6) is 0.129. The monoisotopic (exact) mass is 476 g/mol. The van der Waals surface area contributed by atoms with E-state index in [9.17, 15) is 13.6 Å². The van der Waals surface area contributed by atoms with Crippen molar-refractivity contribution < 1.29 is 22.8 Å². The molecule has 176 valence electrons. The Labute approximate surface area is 197 Å². The minimum absolute atomic E-state index is 0.0632. The van der Waals surface area contributed by atoms with Gasteiger partial charge in [0.25, 0.3) is 5.91 Å². The Kier molecular flexibility index (Phi) is 5.80. The number of aryl methyl sites for hydroxylation is 1. The van der Waals surface area contributed by atoms with E-state index in [2.05, 4.69) is 30.5 Å². The van der Waals surface area contributed by atoms with Crippen molar-refractivity contribution >= 4 is 28.6 Å². The van der Waals surface area contributed by atoms with E-state index in [0.29, 0.717) is 39.8 Å². The second-order valence-electron chi connectivity index (χ2n) is 7.56. The van der Waals surface area contributed by atoms with Crippen molar-refractivity contribution in [2.45, 2.75) is 13.5 Å². The summed E-state index contributed by atoms with van der Waals surface area (Å²) in [6.45, 7) is -1.00. The van der Waals surface area contributed by atoms with Crippen molar-refractivity contribution in [2.24, 2.45) is 0 Å². The van der Waals surface area contributed by atoms with E-state index in [1.807, 2.05) is 19.1 Å². The number of carbonyl (C=O) groups is 1. The van der Waals surface area contributed by atoms with Gasteiger partial charge in [-0.2, -0.15) is 13.8 Å². The summed E-state index contributed by atoms with van der Waals surface area (Å²) in [4.78, 5) is 21.5. The number of pyridine rings is 1. The molecule has 1 amide bonds. The summed E-state index contributed by atoms with van der Waals surface area (Å²) in [5.41, 5.74) is 4.41. The van der Waals surface area contributed by atoms with Gasteiger partial charge in [-0.15, -0.1) is 0 Å². The molecule has 3 heterocycles. The standard InChI is InChI=1S/C24H18F2N6O3/c1-14-2-3-15(22-28-13-34-31-22)10-19(14)30-23(33)20-11-27-21-9-6-17(12-32(20)21)29-16-4-7-18(8-5-16)35-24(25)26/h2-13,24,29H,1H3,(H,30,33). The third-order valence-electron chi connectivity index (χ3n) is 5.21. The van der Waals surface area contributed by atoms with E-state index in [0.717, 1.165) is 5.56 Å². The first-order chi connectivity index (χ1) is 17.0. The molecular weight excluding hydrogens is 458 g/mol. The topological polar surface area (TPSA) is 107 Å². The molecule has 0 unspecified atom stereocenters. The molecule has 5 rings (SSSR count). The molecule has 2 aromatic carbocycles. The molecule has 9 nitrogen and oxygen atoms in total. The number of carbonyl (C=O) groups excluding carboxylic acids is 1. The van der Waals surface area contributed by atoms with E-state index in [1.165, 1.54) is 24.7 Å². The first kappa shape index (κ1) is 22.0. The Morgan fingerprint density at radius 3 is 2.60 bits per heavy atom. The first-order valence-corrected chi connectivity index (χ1v) is 10.4. The number of hydrogen-bond donors (Lipinski definition) is 2. The van der Waals surface area contributed by atoms with Crippen LogP contribution >= 0.6 is 0 Å². The van der Waals surface area contributed by atoms with E-state index in [4.69, 9.17) is 4.52 Å².